The van der Waals surface area contributed by atoms with E-state index in [-0.39, 0.29) is 16.7 Å². The molecule has 1 atom stereocenters. The van der Waals surface area contributed by atoms with E-state index in [1.807, 2.05) is 12.1 Å². The highest BCUT2D eigenvalue weighted by molar-refractivity contribution is 8.01. The van der Waals surface area contributed by atoms with E-state index in [4.69, 9.17) is 9.47 Å². The lowest BCUT2D eigenvalue weighted by atomic mass is 10.0. The molecule has 23 heavy (non-hydrogen) atoms. The highest BCUT2D eigenvalue weighted by atomic mass is 32.2. The van der Waals surface area contributed by atoms with Crippen molar-refractivity contribution in [3.8, 4) is 11.5 Å². The predicted molar refractivity (Wildman–Crippen MR) is 86.9 cm³/mol. The fourth-order valence-corrected chi connectivity index (χ4v) is 3.77. The second-order valence-electron chi connectivity index (χ2n) is 4.95. The Morgan fingerprint density at radius 2 is 1.91 bits per heavy atom. The Labute approximate surface area is 136 Å². The van der Waals surface area contributed by atoms with Gasteiger partial charge in [0, 0.05) is 18.5 Å². The lowest BCUT2D eigenvalue weighted by Crippen LogP contribution is -2.16. The summed E-state index contributed by atoms with van der Waals surface area (Å²) in [5, 5.41) is -0.350. The van der Waals surface area contributed by atoms with Crippen LogP contribution in [0.25, 0.3) is 0 Å². The summed E-state index contributed by atoms with van der Waals surface area (Å²) in [5.74, 6) is 1.21. The number of carbonyl (C=O) groups excluding carboxylic acids is 1. The summed E-state index contributed by atoms with van der Waals surface area (Å²) in [6, 6.07) is 5.46. The lowest BCUT2D eigenvalue weighted by Gasteiger charge is -2.13. The van der Waals surface area contributed by atoms with Crippen molar-refractivity contribution in [2.45, 2.75) is 16.6 Å². The van der Waals surface area contributed by atoms with Gasteiger partial charge in [0.2, 0.25) is 0 Å². The van der Waals surface area contributed by atoms with Crippen LogP contribution in [0.3, 0.4) is 0 Å². The number of hydrogen-bond donors (Lipinski definition) is 1. The minimum Gasteiger partial charge on any atom is -0.497 e. The number of ether oxygens (including phenoxy) is 2. The van der Waals surface area contributed by atoms with Crippen molar-refractivity contribution >= 4 is 17.5 Å². The molecule has 0 amide bonds. The molecule has 0 saturated heterocycles. The number of thiol groups is 1. The van der Waals surface area contributed by atoms with Gasteiger partial charge in [-0.05, 0) is 18.1 Å². The number of nitrogens with zero attached hydrogens (tertiary/aromatic N) is 2. The van der Waals surface area contributed by atoms with Crippen LogP contribution in [-0.4, -0.2) is 35.2 Å². The average Bonchev–Trinajstić information content (AvgIpc) is 2.75. The molecule has 0 N–H and O–H groups in total. The maximum absolute atomic E-state index is 12.5. The van der Waals surface area contributed by atoms with Gasteiger partial charge in [-0.25, -0.2) is 4.98 Å². The number of aromatic nitrogens is 2. The number of hydrogen-bond acceptors (Lipinski definition) is 6. The molecule has 1 aromatic carbocycles. The second-order valence-corrected chi connectivity index (χ2v) is 6.28. The van der Waals surface area contributed by atoms with Crippen LogP contribution < -0.4 is 15.0 Å². The largest absolute Gasteiger partial charge is 0.497 e. The van der Waals surface area contributed by atoms with Crippen molar-refractivity contribution in [2.75, 3.05) is 14.2 Å². The molecule has 2 aromatic rings. The Kier molecular flexibility index (Phi) is 4.29. The van der Waals surface area contributed by atoms with Gasteiger partial charge in [0.25, 0.3) is 5.56 Å². The SMILES string of the molecule is COc1ccc(CC2[SH]c3c(nccnc3=O)C2=O)c(OC)c1. The first kappa shape index (κ1) is 15.5. The van der Waals surface area contributed by atoms with Gasteiger partial charge >= 0.3 is 0 Å². The third-order valence-corrected chi connectivity index (χ3v) is 5.01. The minimum absolute atomic E-state index is 0.130. The smallest absolute Gasteiger partial charge is 0.284 e. The van der Waals surface area contributed by atoms with Crippen LogP contribution in [0, 0.1) is 0 Å². The average molecular weight is 331 g/mol. The normalized spacial score (nSPS) is 16.1. The number of carbonyl (C=O) groups is 1. The van der Waals surface area contributed by atoms with Crippen molar-refractivity contribution in [1.29, 1.82) is 0 Å². The second kappa shape index (κ2) is 6.37. The molecule has 119 valence electrons. The Hall–Kier alpha value is -2.41. The maximum atomic E-state index is 12.5. The number of fused-ring (bicyclic) bond motifs is 1. The molecule has 0 fully saturated rings. The highest BCUT2D eigenvalue weighted by Gasteiger charge is 2.33. The topological polar surface area (TPSA) is 78.4 Å². The number of rotatable bonds is 4. The monoisotopic (exact) mass is 331 g/mol. The summed E-state index contributed by atoms with van der Waals surface area (Å²) >= 11 is 0.643. The zero-order valence-electron chi connectivity index (χ0n) is 12.6. The number of ketones is 1. The van der Waals surface area contributed by atoms with Crippen LogP contribution in [-0.2, 0) is 6.42 Å². The van der Waals surface area contributed by atoms with Crippen LogP contribution in [0.1, 0.15) is 16.1 Å². The fourth-order valence-electron chi connectivity index (χ4n) is 2.47. The van der Waals surface area contributed by atoms with E-state index >= 15 is 0 Å². The molecule has 1 unspecified atom stereocenters. The van der Waals surface area contributed by atoms with Gasteiger partial charge in [-0.2, -0.15) is 11.8 Å². The molecule has 7 heteroatoms. The van der Waals surface area contributed by atoms with Crippen LogP contribution in [0.15, 0.2) is 40.3 Å². The Morgan fingerprint density at radius 3 is 2.65 bits per heavy atom. The van der Waals surface area contributed by atoms with Crippen LogP contribution >= 0.6 is 11.8 Å². The van der Waals surface area contributed by atoms with Gasteiger partial charge in [-0.1, -0.05) is 6.07 Å². The van der Waals surface area contributed by atoms with E-state index in [0.717, 1.165) is 5.56 Å². The van der Waals surface area contributed by atoms with Gasteiger partial charge < -0.3 is 9.47 Å². The van der Waals surface area contributed by atoms with E-state index in [1.165, 1.54) is 12.4 Å². The van der Waals surface area contributed by atoms with Crippen molar-refractivity contribution in [3.05, 3.63) is 52.2 Å². The third-order valence-electron chi connectivity index (χ3n) is 3.62. The molecule has 1 aliphatic heterocycles. The summed E-state index contributed by atoms with van der Waals surface area (Å²) in [7, 11) is 3.15. The molecule has 3 rings (SSSR count). The highest BCUT2D eigenvalue weighted by Crippen LogP contribution is 2.36. The first-order valence-electron chi connectivity index (χ1n) is 6.95. The maximum Gasteiger partial charge on any atom is 0.284 e. The third kappa shape index (κ3) is 2.92. The van der Waals surface area contributed by atoms with Crippen molar-refractivity contribution in [2.24, 2.45) is 0 Å². The standard InChI is InChI=1S/C16H15N2O4S/c1-21-10-4-3-9(11(8-10)22-2)7-12-14(19)13-15(23-12)16(20)18-6-5-17-13/h3-6,8,12,23H,7H2,1-2H3. The van der Waals surface area contributed by atoms with E-state index in [0.29, 0.717) is 34.6 Å². The fraction of sp³-hybridized carbons (Fsp3) is 0.250. The molecule has 0 aliphatic carbocycles. The van der Waals surface area contributed by atoms with Crippen molar-refractivity contribution < 1.29 is 14.3 Å². The lowest BCUT2D eigenvalue weighted by molar-refractivity contribution is 0.0986. The molecule has 1 radical (unpaired) electrons. The Bertz CT molecular complexity index is 825. The minimum atomic E-state index is -0.392. The van der Waals surface area contributed by atoms with Gasteiger partial charge in [0.05, 0.1) is 24.4 Å². The van der Waals surface area contributed by atoms with Crippen LogP contribution in [0.2, 0.25) is 0 Å². The first-order chi connectivity index (χ1) is 11.1. The molecule has 0 bridgehead atoms. The summed E-state index contributed by atoms with van der Waals surface area (Å²) in [6.07, 6.45) is 3.15. The van der Waals surface area contributed by atoms with Crippen LogP contribution in [0.4, 0.5) is 0 Å². The number of benzene rings is 1. The van der Waals surface area contributed by atoms with Crippen molar-refractivity contribution in [3.63, 3.8) is 0 Å². The number of methoxy groups -OCH3 is 2. The molecule has 2 heterocycles. The predicted octanol–water partition coefficient (Wildman–Crippen LogP) is 1.49. The van der Waals surface area contributed by atoms with Gasteiger partial charge in [0.15, 0.2) is 5.78 Å². The molecule has 0 spiro atoms. The molecule has 1 aromatic heterocycles. The Morgan fingerprint density at radius 1 is 1.13 bits per heavy atom. The molecule has 1 aliphatic rings. The van der Waals surface area contributed by atoms with Gasteiger partial charge in [-0.15, -0.1) is 0 Å². The molecular formula is C16H15N2O4S. The quantitative estimate of drug-likeness (QED) is 0.855. The first-order valence-corrected chi connectivity index (χ1v) is 7.91. The van der Waals surface area contributed by atoms with Crippen molar-refractivity contribution in [1.82, 2.24) is 9.97 Å². The molecule has 0 saturated carbocycles. The zero-order chi connectivity index (χ0) is 16.4. The summed E-state index contributed by atoms with van der Waals surface area (Å²) < 4.78 is 10.5. The van der Waals surface area contributed by atoms with Gasteiger partial charge in [-0.3, -0.25) is 14.6 Å². The van der Waals surface area contributed by atoms with E-state index in [2.05, 4.69) is 9.97 Å². The number of Topliss-reactive ketones (excluding diaryl/α,β-unsaturated/α-hetero) is 1. The van der Waals surface area contributed by atoms with E-state index < -0.39 is 5.56 Å². The summed E-state index contributed by atoms with van der Waals surface area (Å²) in [4.78, 5) is 32.6. The zero-order valence-corrected chi connectivity index (χ0v) is 13.5. The summed E-state index contributed by atoms with van der Waals surface area (Å²) in [5.41, 5.74) is 0.722. The summed E-state index contributed by atoms with van der Waals surface area (Å²) in [6.45, 7) is 0. The molecular weight excluding hydrogens is 316 g/mol. The van der Waals surface area contributed by atoms with Gasteiger partial charge in [0.1, 0.15) is 17.2 Å². The Balaban J connectivity index is 1.91. The van der Waals surface area contributed by atoms with E-state index in [1.54, 1.807) is 20.3 Å². The van der Waals surface area contributed by atoms with E-state index in [9.17, 15) is 9.59 Å². The molecule has 6 nitrogen and oxygen atoms in total. The van der Waals surface area contributed by atoms with Crippen LogP contribution in [0.5, 0.6) is 11.5 Å².